The van der Waals surface area contributed by atoms with Crippen molar-refractivity contribution in [3.8, 4) is 0 Å². The molecule has 5 nitrogen and oxygen atoms in total. The van der Waals surface area contributed by atoms with E-state index in [4.69, 9.17) is 4.74 Å². The summed E-state index contributed by atoms with van der Waals surface area (Å²) >= 11 is 0. The number of nitrogens with zero attached hydrogens (tertiary/aromatic N) is 1. The molecule has 0 radical (unpaired) electrons. The van der Waals surface area contributed by atoms with Gasteiger partial charge in [0.05, 0.1) is 0 Å². The Labute approximate surface area is 109 Å². The molecule has 1 N–H and O–H groups in total. The Morgan fingerprint density at radius 1 is 1.39 bits per heavy atom. The molecule has 1 unspecified atom stereocenters. The lowest BCUT2D eigenvalue weighted by atomic mass is 10.1. The number of likely N-dealkylation sites (tertiary alicyclic amines) is 1. The van der Waals surface area contributed by atoms with E-state index in [0.717, 1.165) is 25.9 Å². The van der Waals surface area contributed by atoms with Gasteiger partial charge in [-0.1, -0.05) is 0 Å². The largest absolute Gasteiger partial charge is 0.444 e. The second-order valence-electron chi connectivity index (χ2n) is 5.84. The van der Waals surface area contributed by atoms with E-state index in [1.807, 2.05) is 25.7 Å². The molecule has 1 saturated heterocycles. The van der Waals surface area contributed by atoms with Crippen molar-refractivity contribution in [2.24, 2.45) is 5.92 Å². The predicted molar refractivity (Wildman–Crippen MR) is 69.2 cm³/mol. The Morgan fingerprint density at radius 3 is 2.56 bits per heavy atom. The Morgan fingerprint density at radius 2 is 2.06 bits per heavy atom. The highest BCUT2D eigenvalue weighted by molar-refractivity contribution is 5.73. The van der Waals surface area contributed by atoms with Crippen LogP contribution in [-0.2, 0) is 9.53 Å². The molecule has 0 spiro atoms. The molecule has 18 heavy (non-hydrogen) atoms. The zero-order chi connectivity index (χ0) is 13.8. The monoisotopic (exact) mass is 256 g/mol. The Kier molecular flexibility index (Phi) is 4.99. The van der Waals surface area contributed by atoms with Gasteiger partial charge >= 0.3 is 6.09 Å². The number of ether oxygens (including phenoxy) is 1. The second kappa shape index (κ2) is 6.07. The van der Waals surface area contributed by atoms with E-state index in [1.54, 1.807) is 6.92 Å². The van der Waals surface area contributed by atoms with Gasteiger partial charge in [-0.25, -0.2) is 4.79 Å². The Balaban J connectivity index is 2.16. The summed E-state index contributed by atoms with van der Waals surface area (Å²) in [6, 6.07) is 0. The number of amides is 2. The normalized spacial score (nSPS) is 19.8. The van der Waals surface area contributed by atoms with Crippen molar-refractivity contribution in [3.63, 3.8) is 0 Å². The maximum Gasteiger partial charge on any atom is 0.407 e. The Hall–Kier alpha value is -1.26. The van der Waals surface area contributed by atoms with Crippen LogP contribution in [0.15, 0.2) is 0 Å². The smallest absolute Gasteiger partial charge is 0.407 e. The van der Waals surface area contributed by atoms with Gasteiger partial charge in [-0.15, -0.1) is 0 Å². The summed E-state index contributed by atoms with van der Waals surface area (Å²) in [4.78, 5) is 24.4. The molecule has 1 aliphatic heterocycles. The fourth-order valence-electron chi connectivity index (χ4n) is 2.05. The van der Waals surface area contributed by atoms with Gasteiger partial charge < -0.3 is 15.0 Å². The van der Waals surface area contributed by atoms with Crippen LogP contribution in [0.5, 0.6) is 0 Å². The molecule has 2 amide bonds. The lowest BCUT2D eigenvalue weighted by Gasteiger charge is -2.20. The quantitative estimate of drug-likeness (QED) is 0.837. The van der Waals surface area contributed by atoms with Crippen LogP contribution in [0.3, 0.4) is 0 Å². The molecule has 1 atom stereocenters. The van der Waals surface area contributed by atoms with Gasteiger partial charge in [-0.05, 0) is 39.5 Å². The number of hydrogen-bond donors (Lipinski definition) is 1. The summed E-state index contributed by atoms with van der Waals surface area (Å²) in [6.45, 7) is 9.38. The lowest BCUT2D eigenvalue weighted by Crippen LogP contribution is -2.33. The van der Waals surface area contributed by atoms with Crippen molar-refractivity contribution in [3.05, 3.63) is 0 Å². The van der Waals surface area contributed by atoms with E-state index in [-0.39, 0.29) is 12.0 Å². The van der Waals surface area contributed by atoms with Crippen LogP contribution in [0.4, 0.5) is 4.79 Å². The second-order valence-corrected chi connectivity index (χ2v) is 5.84. The fourth-order valence-corrected chi connectivity index (χ4v) is 2.05. The van der Waals surface area contributed by atoms with Crippen molar-refractivity contribution in [1.82, 2.24) is 10.2 Å². The van der Waals surface area contributed by atoms with Crippen LogP contribution >= 0.6 is 0 Å². The molecule has 5 heteroatoms. The summed E-state index contributed by atoms with van der Waals surface area (Å²) in [6.07, 6.45) is 1.54. The molecular weight excluding hydrogens is 232 g/mol. The highest BCUT2D eigenvalue weighted by Crippen LogP contribution is 2.18. The lowest BCUT2D eigenvalue weighted by molar-refractivity contribution is -0.127. The predicted octanol–water partition coefficient (Wildman–Crippen LogP) is 1.77. The van der Waals surface area contributed by atoms with Gasteiger partial charge in [0.1, 0.15) is 5.60 Å². The summed E-state index contributed by atoms with van der Waals surface area (Å²) in [5.41, 5.74) is -0.455. The van der Waals surface area contributed by atoms with E-state index in [1.165, 1.54) is 0 Å². The molecule has 0 bridgehead atoms. The average molecular weight is 256 g/mol. The van der Waals surface area contributed by atoms with Gasteiger partial charge in [0.25, 0.3) is 0 Å². The summed E-state index contributed by atoms with van der Waals surface area (Å²) in [5, 5.41) is 2.75. The maximum atomic E-state index is 11.4. The maximum absolute atomic E-state index is 11.4. The van der Waals surface area contributed by atoms with Crippen LogP contribution in [0.2, 0.25) is 0 Å². The van der Waals surface area contributed by atoms with Gasteiger partial charge in [0.2, 0.25) is 5.91 Å². The highest BCUT2D eigenvalue weighted by atomic mass is 16.6. The van der Waals surface area contributed by atoms with Crippen molar-refractivity contribution in [2.45, 2.75) is 46.1 Å². The average Bonchev–Trinajstić information content (AvgIpc) is 2.63. The third kappa shape index (κ3) is 5.38. The number of nitrogens with one attached hydrogen (secondary N) is 1. The van der Waals surface area contributed by atoms with E-state index >= 15 is 0 Å². The van der Waals surface area contributed by atoms with Crippen LogP contribution in [0.25, 0.3) is 0 Å². The molecule has 0 aromatic carbocycles. The SMILES string of the molecule is CC(=O)N1CCC(CCNC(=O)OC(C)(C)C)C1. The van der Waals surface area contributed by atoms with Crippen LogP contribution in [0, 0.1) is 5.92 Å². The summed E-state index contributed by atoms with van der Waals surface area (Å²) in [7, 11) is 0. The van der Waals surface area contributed by atoms with Crippen molar-refractivity contribution in [2.75, 3.05) is 19.6 Å². The van der Waals surface area contributed by atoms with E-state index in [2.05, 4.69) is 5.32 Å². The fraction of sp³-hybridized carbons (Fsp3) is 0.846. The van der Waals surface area contributed by atoms with Gasteiger partial charge in [-0.3, -0.25) is 4.79 Å². The number of alkyl carbamates (subject to hydrolysis) is 1. The van der Waals surface area contributed by atoms with E-state index < -0.39 is 5.60 Å². The molecule has 104 valence electrons. The molecule has 1 fully saturated rings. The van der Waals surface area contributed by atoms with Crippen molar-refractivity contribution < 1.29 is 14.3 Å². The molecule has 0 aliphatic carbocycles. The third-order valence-corrected chi connectivity index (χ3v) is 2.95. The van der Waals surface area contributed by atoms with Gasteiger partial charge in [0, 0.05) is 26.6 Å². The first-order chi connectivity index (χ1) is 8.28. The molecule has 0 saturated carbocycles. The zero-order valence-electron chi connectivity index (χ0n) is 11.8. The summed E-state index contributed by atoms with van der Waals surface area (Å²) < 4.78 is 5.15. The topological polar surface area (TPSA) is 58.6 Å². The number of carbonyl (C=O) groups excluding carboxylic acids is 2. The van der Waals surface area contributed by atoms with Gasteiger partial charge in [-0.2, -0.15) is 0 Å². The third-order valence-electron chi connectivity index (χ3n) is 2.95. The molecule has 1 heterocycles. The molecule has 0 aromatic rings. The standard InChI is InChI=1S/C13H24N2O3/c1-10(16)15-8-6-11(9-15)5-7-14-12(17)18-13(2,3)4/h11H,5-9H2,1-4H3,(H,14,17). The minimum absolute atomic E-state index is 0.137. The Bertz CT molecular complexity index is 310. The van der Waals surface area contributed by atoms with Crippen LogP contribution in [-0.4, -0.2) is 42.1 Å². The van der Waals surface area contributed by atoms with Crippen molar-refractivity contribution >= 4 is 12.0 Å². The number of carbonyl (C=O) groups is 2. The van der Waals surface area contributed by atoms with E-state index in [0.29, 0.717) is 12.5 Å². The van der Waals surface area contributed by atoms with Gasteiger partial charge in [0.15, 0.2) is 0 Å². The molecule has 1 aliphatic rings. The number of hydrogen-bond acceptors (Lipinski definition) is 3. The first kappa shape index (κ1) is 14.8. The first-order valence-electron chi connectivity index (χ1n) is 6.50. The van der Waals surface area contributed by atoms with Crippen LogP contribution in [0.1, 0.15) is 40.5 Å². The minimum atomic E-state index is -0.455. The molecule has 1 rings (SSSR count). The zero-order valence-corrected chi connectivity index (χ0v) is 11.8. The van der Waals surface area contributed by atoms with Crippen molar-refractivity contribution in [1.29, 1.82) is 0 Å². The molecular formula is C13H24N2O3. The van der Waals surface area contributed by atoms with E-state index in [9.17, 15) is 9.59 Å². The summed E-state index contributed by atoms with van der Waals surface area (Å²) in [5.74, 6) is 0.626. The molecule has 0 aromatic heterocycles. The highest BCUT2D eigenvalue weighted by Gasteiger charge is 2.24. The number of rotatable bonds is 3. The minimum Gasteiger partial charge on any atom is -0.444 e. The first-order valence-corrected chi connectivity index (χ1v) is 6.50. The van der Waals surface area contributed by atoms with Crippen LogP contribution < -0.4 is 5.32 Å².